The molecule has 2 amide bonds. The first-order valence-corrected chi connectivity index (χ1v) is 10.2. The minimum atomic E-state index is -0.245. The Balaban J connectivity index is 1.47. The van der Waals surface area contributed by atoms with Crippen LogP contribution >= 0.6 is 11.8 Å². The summed E-state index contributed by atoms with van der Waals surface area (Å²) in [5, 5.41) is 0. The van der Waals surface area contributed by atoms with Crippen LogP contribution in [0.2, 0.25) is 0 Å². The van der Waals surface area contributed by atoms with E-state index < -0.39 is 0 Å². The fourth-order valence-corrected chi connectivity index (χ4v) is 4.30. The van der Waals surface area contributed by atoms with Gasteiger partial charge in [0.25, 0.3) is 0 Å². The molecule has 0 spiro atoms. The van der Waals surface area contributed by atoms with Crippen LogP contribution in [0.1, 0.15) is 17.5 Å². The molecule has 4 rings (SSSR count). The first-order valence-electron chi connectivity index (χ1n) is 8.95. The van der Waals surface area contributed by atoms with Gasteiger partial charge in [-0.1, -0.05) is 30.3 Å². The predicted octanol–water partition coefficient (Wildman–Crippen LogP) is 3.35. The molecule has 2 aliphatic rings. The number of carbonyl (C=O) groups excluding carboxylic acids is 2. The van der Waals surface area contributed by atoms with Crippen molar-refractivity contribution in [2.24, 2.45) is 5.92 Å². The van der Waals surface area contributed by atoms with Crippen LogP contribution in [0.3, 0.4) is 0 Å². The van der Waals surface area contributed by atoms with Crippen LogP contribution in [0.15, 0.2) is 53.4 Å². The average Bonchev–Trinajstić information content (AvgIpc) is 3.08. The van der Waals surface area contributed by atoms with Crippen molar-refractivity contribution in [3.8, 4) is 0 Å². The largest absolute Gasteiger partial charge is 0.338 e. The van der Waals surface area contributed by atoms with Gasteiger partial charge in [0.2, 0.25) is 11.8 Å². The van der Waals surface area contributed by atoms with Crippen LogP contribution in [0, 0.1) is 5.92 Å². The summed E-state index contributed by atoms with van der Waals surface area (Å²) in [7, 11) is 0. The second kappa shape index (κ2) is 7.16. The fourth-order valence-electron chi connectivity index (χ4n) is 3.84. The van der Waals surface area contributed by atoms with Crippen molar-refractivity contribution in [3.05, 3.63) is 59.7 Å². The van der Waals surface area contributed by atoms with Crippen LogP contribution in [0.25, 0.3) is 0 Å². The molecule has 4 nitrogen and oxygen atoms in total. The molecule has 0 bridgehead atoms. The van der Waals surface area contributed by atoms with E-state index in [1.54, 1.807) is 16.7 Å². The topological polar surface area (TPSA) is 40.6 Å². The zero-order valence-corrected chi connectivity index (χ0v) is 15.7. The van der Waals surface area contributed by atoms with Crippen LogP contribution in [0.5, 0.6) is 0 Å². The zero-order valence-electron chi connectivity index (χ0n) is 14.9. The molecule has 134 valence electrons. The monoisotopic (exact) mass is 366 g/mol. The smallest absolute Gasteiger partial charge is 0.228 e. The summed E-state index contributed by atoms with van der Waals surface area (Å²) in [5.41, 5.74) is 3.44. The molecular weight excluding hydrogens is 344 g/mol. The van der Waals surface area contributed by atoms with Crippen LogP contribution < -0.4 is 4.90 Å². The Morgan fingerprint density at radius 3 is 2.73 bits per heavy atom. The summed E-state index contributed by atoms with van der Waals surface area (Å²) in [6.45, 7) is 1.87. The summed E-state index contributed by atoms with van der Waals surface area (Å²) < 4.78 is 0. The molecule has 1 atom stereocenters. The van der Waals surface area contributed by atoms with Gasteiger partial charge in [-0.25, -0.2) is 0 Å². The Labute approximate surface area is 158 Å². The van der Waals surface area contributed by atoms with Crippen LogP contribution in [-0.2, 0) is 22.6 Å². The van der Waals surface area contributed by atoms with Gasteiger partial charge in [0.05, 0.1) is 5.92 Å². The van der Waals surface area contributed by atoms with Gasteiger partial charge < -0.3 is 9.80 Å². The summed E-state index contributed by atoms with van der Waals surface area (Å²) in [6.07, 6.45) is 3.22. The average molecular weight is 366 g/mol. The SMILES string of the molecule is CSc1cccc(N2CC(C(=O)N3CCc4ccccc4C3)CC2=O)c1. The lowest BCUT2D eigenvalue weighted by Gasteiger charge is -2.30. The van der Waals surface area contributed by atoms with E-state index in [4.69, 9.17) is 0 Å². The molecule has 5 heteroatoms. The Kier molecular flexibility index (Phi) is 4.72. The van der Waals surface area contributed by atoms with Crippen LogP contribution in [0.4, 0.5) is 5.69 Å². The third-order valence-electron chi connectivity index (χ3n) is 5.28. The van der Waals surface area contributed by atoms with Crippen molar-refractivity contribution in [2.75, 3.05) is 24.2 Å². The third-order valence-corrected chi connectivity index (χ3v) is 6.01. The summed E-state index contributed by atoms with van der Waals surface area (Å²) in [4.78, 5) is 30.3. The fraction of sp³-hybridized carbons (Fsp3) is 0.333. The number of amides is 2. The normalized spacial score (nSPS) is 19.6. The highest BCUT2D eigenvalue weighted by atomic mass is 32.2. The van der Waals surface area contributed by atoms with Crippen LogP contribution in [-0.4, -0.2) is 36.1 Å². The van der Waals surface area contributed by atoms with Crippen molar-refractivity contribution >= 4 is 29.3 Å². The van der Waals surface area contributed by atoms with Gasteiger partial charge in [-0.05, 0) is 42.0 Å². The first kappa shape index (κ1) is 17.2. The van der Waals surface area contributed by atoms with Gasteiger partial charge in [0.15, 0.2) is 0 Å². The van der Waals surface area contributed by atoms with E-state index in [1.165, 1.54) is 11.1 Å². The van der Waals surface area contributed by atoms with Gasteiger partial charge in [-0.3, -0.25) is 9.59 Å². The molecule has 2 heterocycles. The van der Waals surface area contributed by atoms with Crippen molar-refractivity contribution < 1.29 is 9.59 Å². The van der Waals surface area contributed by atoms with Crippen molar-refractivity contribution in [1.29, 1.82) is 0 Å². The Hall–Kier alpha value is -2.27. The second-order valence-electron chi connectivity index (χ2n) is 6.89. The lowest BCUT2D eigenvalue weighted by atomic mass is 9.98. The maximum Gasteiger partial charge on any atom is 0.228 e. The molecular formula is C21H22N2O2S. The lowest BCUT2D eigenvalue weighted by Crippen LogP contribution is -2.40. The molecule has 1 unspecified atom stereocenters. The standard InChI is InChI=1S/C21H22N2O2S/c1-26-19-8-4-7-18(12-19)23-14-17(11-20(23)24)21(25)22-10-9-15-5-2-3-6-16(15)13-22/h2-8,12,17H,9-11,13-14H2,1H3. The quantitative estimate of drug-likeness (QED) is 0.782. The highest BCUT2D eigenvalue weighted by Crippen LogP contribution is 2.30. The third kappa shape index (κ3) is 3.23. The Bertz CT molecular complexity index is 851. The van der Waals surface area contributed by atoms with E-state index in [0.29, 0.717) is 19.5 Å². The molecule has 0 aliphatic carbocycles. The number of carbonyl (C=O) groups is 2. The van der Waals surface area contributed by atoms with E-state index in [2.05, 4.69) is 12.1 Å². The zero-order chi connectivity index (χ0) is 18.1. The number of thioether (sulfide) groups is 1. The van der Waals surface area contributed by atoms with E-state index >= 15 is 0 Å². The second-order valence-corrected chi connectivity index (χ2v) is 7.77. The number of nitrogens with zero attached hydrogens (tertiary/aromatic N) is 2. The number of hydrogen-bond acceptors (Lipinski definition) is 3. The molecule has 0 radical (unpaired) electrons. The number of fused-ring (bicyclic) bond motifs is 1. The van der Waals surface area contributed by atoms with Gasteiger partial charge in [-0.15, -0.1) is 11.8 Å². The predicted molar refractivity (Wildman–Crippen MR) is 104 cm³/mol. The molecule has 2 aromatic rings. The van der Waals surface area contributed by atoms with E-state index in [1.807, 2.05) is 47.6 Å². The lowest BCUT2D eigenvalue weighted by molar-refractivity contribution is -0.136. The van der Waals surface area contributed by atoms with Crippen molar-refractivity contribution in [1.82, 2.24) is 4.90 Å². The van der Waals surface area contributed by atoms with Gasteiger partial charge in [0, 0.05) is 36.6 Å². The molecule has 26 heavy (non-hydrogen) atoms. The Morgan fingerprint density at radius 1 is 1.12 bits per heavy atom. The molecule has 0 aromatic heterocycles. The molecule has 1 fully saturated rings. The molecule has 1 saturated heterocycles. The highest BCUT2D eigenvalue weighted by molar-refractivity contribution is 7.98. The van der Waals surface area contributed by atoms with Crippen molar-refractivity contribution in [2.45, 2.75) is 24.3 Å². The number of anilines is 1. The Morgan fingerprint density at radius 2 is 1.92 bits per heavy atom. The molecule has 0 N–H and O–H groups in total. The van der Waals surface area contributed by atoms with E-state index in [0.717, 1.165) is 23.5 Å². The first-order chi connectivity index (χ1) is 12.7. The van der Waals surface area contributed by atoms with Gasteiger partial charge in [0.1, 0.15) is 0 Å². The minimum absolute atomic E-state index is 0.0408. The summed E-state index contributed by atoms with van der Waals surface area (Å²) >= 11 is 1.65. The van der Waals surface area contributed by atoms with Crippen molar-refractivity contribution in [3.63, 3.8) is 0 Å². The van der Waals surface area contributed by atoms with Gasteiger partial charge >= 0.3 is 0 Å². The molecule has 2 aromatic carbocycles. The molecule has 0 saturated carbocycles. The number of rotatable bonds is 3. The summed E-state index contributed by atoms with van der Waals surface area (Å²) in [6, 6.07) is 16.3. The number of benzene rings is 2. The summed E-state index contributed by atoms with van der Waals surface area (Å²) in [5.74, 6) is -0.0962. The number of hydrogen-bond donors (Lipinski definition) is 0. The van der Waals surface area contributed by atoms with Gasteiger partial charge in [-0.2, -0.15) is 0 Å². The maximum absolute atomic E-state index is 13.0. The minimum Gasteiger partial charge on any atom is -0.338 e. The van der Waals surface area contributed by atoms with E-state index in [9.17, 15) is 9.59 Å². The highest BCUT2D eigenvalue weighted by Gasteiger charge is 2.37. The van der Waals surface area contributed by atoms with E-state index in [-0.39, 0.29) is 17.7 Å². The molecule has 2 aliphatic heterocycles. The maximum atomic E-state index is 13.0.